The average Bonchev–Trinajstić information content (AvgIpc) is 3.31. The Hall–Kier alpha value is -3.78. The van der Waals surface area contributed by atoms with E-state index in [1.165, 1.54) is 0 Å². The summed E-state index contributed by atoms with van der Waals surface area (Å²) >= 11 is 0. The molecule has 0 radical (unpaired) electrons. The van der Waals surface area contributed by atoms with Crippen LogP contribution in [-0.2, 0) is 4.79 Å². The zero-order valence-electron chi connectivity index (χ0n) is 19.8. The summed E-state index contributed by atoms with van der Waals surface area (Å²) < 4.78 is 0. The van der Waals surface area contributed by atoms with Gasteiger partial charge in [-0.3, -0.25) is 9.59 Å². The van der Waals surface area contributed by atoms with Crippen molar-refractivity contribution < 1.29 is 9.59 Å². The Labute approximate surface area is 199 Å². The largest absolute Gasteiger partial charge is 0.350 e. The molecule has 1 saturated heterocycles. The maximum atomic E-state index is 13.0. The first-order chi connectivity index (χ1) is 16.4. The van der Waals surface area contributed by atoms with Gasteiger partial charge in [-0.15, -0.1) is 0 Å². The quantitative estimate of drug-likeness (QED) is 0.548. The van der Waals surface area contributed by atoms with Crippen molar-refractivity contribution in [2.24, 2.45) is 0 Å². The van der Waals surface area contributed by atoms with Gasteiger partial charge < -0.3 is 20.0 Å². The third-order valence-corrected chi connectivity index (χ3v) is 5.86. The molecule has 0 spiro atoms. The standard InChI is InChI=1S/C26H30N6O2/c1-30(2)15-6-9-24(33)31(3)22-12-10-19(11-13-22)25(34)32-16-14-21(18-32)28-26-27-17-20-7-4-5-8-23(20)29-26/h4-13,17,21H,14-16,18H2,1-3H3,(H,27,28,29)/b9-6+/t21-/m0/s1. The molecule has 1 aliphatic rings. The molecule has 8 heteroatoms. The second-order valence-corrected chi connectivity index (χ2v) is 8.74. The summed E-state index contributed by atoms with van der Waals surface area (Å²) in [5, 5.41) is 4.36. The van der Waals surface area contributed by atoms with E-state index in [0.717, 1.165) is 23.0 Å². The number of hydrogen-bond donors (Lipinski definition) is 1. The fourth-order valence-electron chi connectivity index (χ4n) is 3.90. The summed E-state index contributed by atoms with van der Waals surface area (Å²) in [6.45, 7) is 1.96. The number of carbonyl (C=O) groups is 2. The van der Waals surface area contributed by atoms with Crippen LogP contribution in [0.25, 0.3) is 10.9 Å². The summed E-state index contributed by atoms with van der Waals surface area (Å²) in [5.74, 6) is 0.454. The molecule has 176 valence electrons. The monoisotopic (exact) mass is 458 g/mol. The normalized spacial score (nSPS) is 15.9. The second-order valence-electron chi connectivity index (χ2n) is 8.74. The lowest BCUT2D eigenvalue weighted by Gasteiger charge is -2.19. The molecule has 2 aromatic carbocycles. The molecular formula is C26H30N6O2. The fraction of sp³-hybridized carbons (Fsp3) is 0.308. The van der Waals surface area contributed by atoms with Crippen LogP contribution in [0.2, 0.25) is 0 Å². The number of carbonyl (C=O) groups excluding carboxylic acids is 2. The van der Waals surface area contributed by atoms with E-state index in [1.54, 1.807) is 42.3 Å². The average molecular weight is 459 g/mol. The van der Waals surface area contributed by atoms with Gasteiger partial charge >= 0.3 is 0 Å². The lowest BCUT2D eigenvalue weighted by Crippen LogP contribution is -2.32. The Bertz CT molecular complexity index is 1190. The highest BCUT2D eigenvalue weighted by Gasteiger charge is 2.27. The fourth-order valence-corrected chi connectivity index (χ4v) is 3.90. The Morgan fingerprint density at radius 3 is 2.65 bits per heavy atom. The van der Waals surface area contributed by atoms with Crippen LogP contribution in [0.1, 0.15) is 16.8 Å². The van der Waals surface area contributed by atoms with Gasteiger partial charge in [0.2, 0.25) is 11.9 Å². The number of benzene rings is 2. The number of rotatable bonds is 7. The van der Waals surface area contributed by atoms with Crippen LogP contribution >= 0.6 is 0 Å². The van der Waals surface area contributed by atoms with Crippen LogP contribution in [-0.4, -0.2) is 78.4 Å². The van der Waals surface area contributed by atoms with Crippen molar-refractivity contribution >= 4 is 34.4 Å². The number of fused-ring (bicyclic) bond motifs is 1. The molecule has 2 heterocycles. The Balaban J connectivity index is 1.34. The summed E-state index contributed by atoms with van der Waals surface area (Å²) in [6, 6.07) is 15.1. The van der Waals surface area contributed by atoms with Crippen molar-refractivity contribution in [3.8, 4) is 0 Å². The number of aromatic nitrogens is 2. The summed E-state index contributed by atoms with van der Waals surface area (Å²) in [5.41, 5.74) is 2.24. The predicted octanol–water partition coefficient (Wildman–Crippen LogP) is 3.04. The molecule has 34 heavy (non-hydrogen) atoms. The molecule has 1 atom stereocenters. The van der Waals surface area contributed by atoms with E-state index in [1.807, 2.05) is 60.4 Å². The number of anilines is 2. The van der Waals surface area contributed by atoms with Crippen molar-refractivity contribution in [3.63, 3.8) is 0 Å². The van der Waals surface area contributed by atoms with Crippen LogP contribution in [0.15, 0.2) is 66.9 Å². The molecule has 0 aliphatic carbocycles. The molecule has 1 fully saturated rings. The predicted molar refractivity (Wildman–Crippen MR) is 135 cm³/mol. The molecule has 3 aromatic rings. The smallest absolute Gasteiger partial charge is 0.253 e. The van der Waals surface area contributed by atoms with E-state index < -0.39 is 0 Å². The molecule has 0 unspecified atom stereocenters. The lowest BCUT2D eigenvalue weighted by atomic mass is 10.1. The van der Waals surface area contributed by atoms with Gasteiger partial charge in [0.25, 0.3) is 5.91 Å². The topological polar surface area (TPSA) is 81.7 Å². The van der Waals surface area contributed by atoms with Gasteiger partial charge in [0.15, 0.2) is 0 Å². The number of nitrogens with zero attached hydrogens (tertiary/aromatic N) is 5. The SMILES string of the molecule is CN(C)C/C=C/C(=O)N(C)c1ccc(C(=O)N2CC[C@H](Nc3ncc4ccccc4n3)C2)cc1. The van der Waals surface area contributed by atoms with Gasteiger partial charge in [0, 0.05) is 61.6 Å². The van der Waals surface area contributed by atoms with Gasteiger partial charge in [-0.1, -0.05) is 24.3 Å². The number of amides is 2. The maximum absolute atomic E-state index is 13.0. The maximum Gasteiger partial charge on any atom is 0.253 e. The number of nitrogens with one attached hydrogen (secondary N) is 1. The summed E-state index contributed by atoms with van der Waals surface area (Å²) in [7, 11) is 5.62. The third kappa shape index (κ3) is 5.58. The van der Waals surface area contributed by atoms with Crippen molar-refractivity contribution in [2.45, 2.75) is 12.5 Å². The zero-order valence-corrected chi connectivity index (χ0v) is 19.8. The molecule has 1 aromatic heterocycles. The first-order valence-corrected chi connectivity index (χ1v) is 11.4. The van der Waals surface area contributed by atoms with Crippen molar-refractivity contribution in [3.05, 3.63) is 72.4 Å². The van der Waals surface area contributed by atoms with Crippen molar-refractivity contribution in [2.75, 3.05) is 51.0 Å². The van der Waals surface area contributed by atoms with E-state index in [2.05, 4.69) is 15.3 Å². The molecule has 2 amide bonds. The molecule has 0 saturated carbocycles. The minimum absolute atomic E-state index is 0.0184. The molecule has 1 aliphatic heterocycles. The Kier molecular flexibility index (Phi) is 7.18. The van der Waals surface area contributed by atoms with E-state index in [0.29, 0.717) is 31.1 Å². The van der Waals surface area contributed by atoms with E-state index in [9.17, 15) is 9.59 Å². The minimum Gasteiger partial charge on any atom is -0.350 e. The molecule has 1 N–H and O–H groups in total. The van der Waals surface area contributed by atoms with E-state index in [-0.39, 0.29) is 17.9 Å². The molecular weight excluding hydrogens is 428 g/mol. The lowest BCUT2D eigenvalue weighted by molar-refractivity contribution is -0.113. The highest BCUT2D eigenvalue weighted by molar-refractivity contribution is 6.01. The first-order valence-electron chi connectivity index (χ1n) is 11.4. The third-order valence-electron chi connectivity index (χ3n) is 5.86. The second kappa shape index (κ2) is 10.4. The number of likely N-dealkylation sites (N-methyl/N-ethyl adjacent to an activating group) is 2. The molecule has 4 rings (SSSR count). The number of likely N-dealkylation sites (tertiary alicyclic amines) is 1. The summed E-state index contributed by atoms with van der Waals surface area (Å²) in [4.78, 5) is 39.7. The molecule has 8 nitrogen and oxygen atoms in total. The Morgan fingerprint density at radius 1 is 1.12 bits per heavy atom. The van der Waals surface area contributed by atoms with Crippen LogP contribution in [0.5, 0.6) is 0 Å². The van der Waals surface area contributed by atoms with Crippen molar-refractivity contribution in [1.82, 2.24) is 19.8 Å². The number of para-hydroxylation sites is 1. The highest BCUT2D eigenvalue weighted by atomic mass is 16.2. The number of hydrogen-bond acceptors (Lipinski definition) is 6. The van der Waals surface area contributed by atoms with Gasteiger partial charge in [-0.25, -0.2) is 9.97 Å². The van der Waals surface area contributed by atoms with Gasteiger partial charge in [-0.05, 0) is 50.8 Å². The van der Waals surface area contributed by atoms with Crippen molar-refractivity contribution in [1.29, 1.82) is 0 Å². The zero-order chi connectivity index (χ0) is 24.1. The molecule has 0 bridgehead atoms. The van der Waals surface area contributed by atoms with Crippen LogP contribution < -0.4 is 10.2 Å². The van der Waals surface area contributed by atoms with Gasteiger partial charge in [0.05, 0.1) is 5.52 Å². The van der Waals surface area contributed by atoms with Gasteiger partial charge in [0.1, 0.15) is 0 Å². The van der Waals surface area contributed by atoms with E-state index in [4.69, 9.17) is 0 Å². The van der Waals surface area contributed by atoms with E-state index >= 15 is 0 Å². The van der Waals surface area contributed by atoms with Crippen LogP contribution in [0, 0.1) is 0 Å². The first kappa shape index (κ1) is 23.4. The minimum atomic E-state index is -0.106. The Morgan fingerprint density at radius 2 is 1.88 bits per heavy atom. The van der Waals surface area contributed by atoms with Crippen LogP contribution in [0.3, 0.4) is 0 Å². The highest BCUT2D eigenvalue weighted by Crippen LogP contribution is 2.20. The summed E-state index contributed by atoms with van der Waals surface area (Å²) in [6.07, 6.45) is 6.04. The van der Waals surface area contributed by atoms with Crippen LogP contribution in [0.4, 0.5) is 11.6 Å². The van der Waals surface area contributed by atoms with Gasteiger partial charge in [-0.2, -0.15) is 0 Å².